The van der Waals surface area contributed by atoms with Gasteiger partial charge in [0.15, 0.2) is 0 Å². The zero-order valence-electron chi connectivity index (χ0n) is 24.6. The van der Waals surface area contributed by atoms with Crippen molar-refractivity contribution >= 4 is 38.0 Å². The maximum atomic E-state index is 13.4. The van der Waals surface area contributed by atoms with Gasteiger partial charge in [0.25, 0.3) is 10.1 Å². The van der Waals surface area contributed by atoms with Crippen LogP contribution in [0.5, 0.6) is 0 Å². The fourth-order valence-corrected chi connectivity index (χ4v) is 6.93. The van der Waals surface area contributed by atoms with Crippen LogP contribution in [-0.4, -0.2) is 97.7 Å². The first kappa shape index (κ1) is 34.7. The molecule has 2 aliphatic heterocycles. The van der Waals surface area contributed by atoms with Crippen LogP contribution in [0.15, 0.2) is 30.3 Å². The van der Waals surface area contributed by atoms with Crippen molar-refractivity contribution in [1.29, 1.82) is 0 Å². The molecule has 242 valence electrons. The second-order valence-electron chi connectivity index (χ2n) is 11.8. The summed E-state index contributed by atoms with van der Waals surface area (Å²) in [5.41, 5.74) is -2.59. The van der Waals surface area contributed by atoms with E-state index in [-0.39, 0.29) is 50.6 Å². The smallest absolute Gasteiger partial charge is 0.408 e. The van der Waals surface area contributed by atoms with Crippen LogP contribution < -0.4 is 16.0 Å². The van der Waals surface area contributed by atoms with E-state index in [9.17, 15) is 40.9 Å². The van der Waals surface area contributed by atoms with Crippen LogP contribution in [0.4, 0.5) is 4.79 Å². The van der Waals surface area contributed by atoms with Crippen molar-refractivity contribution in [2.24, 2.45) is 11.8 Å². The molecule has 2 fully saturated rings. The monoisotopic (exact) mass is 646 g/mol. The molecule has 1 aromatic carbocycles. The maximum absolute atomic E-state index is 13.4. The molecule has 0 aliphatic carbocycles. The van der Waals surface area contributed by atoms with Crippen molar-refractivity contribution in [2.75, 3.05) is 25.9 Å². The summed E-state index contributed by atoms with van der Waals surface area (Å²) in [7, 11) is -8.44. The number of alkyl carbamates (subject to hydrolysis) is 1. The molecule has 2 aliphatic rings. The number of hydrogen-bond acceptors (Lipinski definition) is 9. The molecule has 5 N–H and O–H groups in total. The molecule has 0 radical (unpaired) electrons. The Kier molecular flexibility index (Phi) is 11.6. The van der Waals surface area contributed by atoms with E-state index >= 15 is 0 Å². The van der Waals surface area contributed by atoms with Gasteiger partial charge in [-0.15, -0.1) is 0 Å². The van der Waals surface area contributed by atoms with Gasteiger partial charge in [0, 0.05) is 44.8 Å². The Labute approximate surface area is 252 Å². The molecule has 3 rings (SSSR count). The first-order chi connectivity index (χ1) is 20.0. The Hall–Kier alpha value is -2.79. The average Bonchev–Trinajstić information content (AvgIpc) is 3.30. The van der Waals surface area contributed by atoms with Gasteiger partial charge in [-0.05, 0) is 30.7 Å². The number of benzene rings is 1. The molecule has 2 heterocycles. The summed E-state index contributed by atoms with van der Waals surface area (Å²) in [6.07, 6.45) is 1.15. The Bertz CT molecular complexity index is 1350. The number of carbonyl (C=O) groups excluding carboxylic acids is 3. The number of nitrogens with zero attached hydrogens (tertiary/aromatic N) is 1. The molecular formula is C27H42N4O10S2. The van der Waals surface area contributed by atoms with E-state index in [1.807, 2.05) is 30.3 Å². The summed E-state index contributed by atoms with van der Waals surface area (Å²) in [6, 6.07) is 6.50. The van der Waals surface area contributed by atoms with Gasteiger partial charge in [-0.3, -0.25) is 14.1 Å². The number of sulfonamides is 1. The van der Waals surface area contributed by atoms with E-state index in [1.54, 1.807) is 13.8 Å². The lowest BCUT2D eigenvalue weighted by Gasteiger charge is -2.40. The quantitative estimate of drug-likeness (QED) is 0.186. The van der Waals surface area contributed by atoms with Crippen LogP contribution in [-0.2, 0) is 40.9 Å². The minimum Gasteiger partial charge on any atom is -0.442 e. The van der Waals surface area contributed by atoms with Gasteiger partial charge in [0.1, 0.15) is 11.6 Å². The van der Waals surface area contributed by atoms with E-state index in [0.29, 0.717) is 19.4 Å². The molecule has 1 unspecified atom stereocenters. The van der Waals surface area contributed by atoms with Crippen LogP contribution in [0.3, 0.4) is 0 Å². The lowest BCUT2D eigenvalue weighted by Crippen LogP contribution is -2.56. The fourth-order valence-electron chi connectivity index (χ4n) is 5.49. The van der Waals surface area contributed by atoms with Crippen molar-refractivity contribution in [2.45, 2.75) is 75.5 Å². The predicted octanol–water partition coefficient (Wildman–Crippen LogP) is 0.381. The van der Waals surface area contributed by atoms with E-state index in [0.717, 1.165) is 11.8 Å². The van der Waals surface area contributed by atoms with Crippen LogP contribution in [0.1, 0.15) is 51.5 Å². The van der Waals surface area contributed by atoms with Crippen LogP contribution >= 0.6 is 0 Å². The number of piperidine rings is 1. The largest absolute Gasteiger partial charge is 0.442 e. The second kappa shape index (κ2) is 14.3. The molecule has 16 heteroatoms. The molecule has 0 bridgehead atoms. The third kappa shape index (κ3) is 10.1. The van der Waals surface area contributed by atoms with Crippen molar-refractivity contribution in [3.63, 3.8) is 0 Å². The summed E-state index contributed by atoms with van der Waals surface area (Å²) < 4.78 is 64.4. The topological polar surface area (TPSA) is 209 Å². The highest BCUT2D eigenvalue weighted by molar-refractivity contribution is 7.88. The third-order valence-corrected chi connectivity index (χ3v) is 10.0. The first-order valence-corrected chi connectivity index (χ1v) is 17.6. The summed E-state index contributed by atoms with van der Waals surface area (Å²) >= 11 is 0. The molecule has 0 aromatic heterocycles. The molecule has 43 heavy (non-hydrogen) atoms. The summed E-state index contributed by atoms with van der Waals surface area (Å²) in [6.45, 7) is 4.23. The molecule has 1 aromatic rings. The first-order valence-electron chi connectivity index (χ1n) is 14.2. The van der Waals surface area contributed by atoms with Gasteiger partial charge in [0.2, 0.25) is 27.3 Å². The maximum Gasteiger partial charge on any atom is 0.408 e. The van der Waals surface area contributed by atoms with Crippen LogP contribution in [0.25, 0.3) is 0 Å². The molecule has 4 atom stereocenters. The Morgan fingerprint density at radius 1 is 1.12 bits per heavy atom. The molecule has 2 saturated heterocycles. The van der Waals surface area contributed by atoms with E-state index in [1.165, 1.54) is 4.31 Å². The lowest BCUT2D eigenvalue weighted by molar-refractivity contribution is -0.126. The number of hydrogen-bond donors (Lipinski definition) is 5. The van der Waals surface area contributed by atoms with Crippen LogP contribution in [0.2, 0.25) is 0 Å². The highest BCUT2D eigenvalue weighted by Gasteiger charge is 2.42. The number of aliphatic hydroxyl groups is 1. The van der Waals surface area contributed by atoms with E-state index < -0.39 is 61.2 Å². The van der Waals surface area contributed by atoms with Crippen molar-refractivity contribution in [3.05, 3.63) is 35.9 Å². The molecular weight excluding hydrogens is 604 g/mol. The number of carbonyl (C=O) groups is 3. The number of aliphatic hydroxyl groups excluding tert-OH is 1. The molecule has 3 amide bonds. The third-order valence-electron chi connectivity index (χ3n) is 7.77. The van der Waals surface area contributed by atoms with E-state index in [4.69, 9.17) is 4.74 Å². The number of rotatable bonds is 13. The van der Waals surface area contributed by atoms with E-state index in [2.05, 4.69) is 16.0 Å². The Morgan fingerprint density at radius 2 is 1.74 bits per heavy atom. The van der Waals surface area contributed by atoms with Gasteiger partial charge in [-0.2, -0.15) is 8.42 Å². The van der Waals surface area contributed by atoms with Gasteiger partial charge < -0.3 is 25.8 Å². The SMILES string of the molecule is CC(C)C[C@H](NC(=O)OC1(Cc2ccccc2)CCN(S(C)(=O)=O)CC1)C(=O)N[C@@H](C[C@@H]1CCNC1=O)C(O)S(=O)(=O)O. The Balaban J connectivity index is 1.78. The summed E-state index contributed by atoms with van der Waals surface area (Å²) in [5.74, 6) is -2.01. The fraction of sp³-hybridized carbons (Fsp3) is 0.667. The van der Waals surface area contributed by atoms with Gasteiger partial charge in [-0.1, -0.05) is 44.2 Å². The van der Waals surface area contributed by atoms with Gasteiger partial charge in [-0.25, -0.2) is 17.5 Å². The summed E-state index contributed by atoms with van der Waals surface area (Å²) in [5, 5.41) is 17.9. The second-order valence-corrected chi connectivity index (χ2v) is 15.3. The zero-order chi connectivity index (χ0) is 32.0. The average molecular weight is 647 g/mol. The number of amides is 3. The highest BCUT2D eigenvalue weighted by atomic mass is 32.2. The number of ether oxygens (including phenoxy) is 1. The Morgan fingerprint density at radius 3 is 2.26 bits per heavy atom. The number of nitrogens with one attached hydrogen (secondary N) is 3. The summed E-state index contributed by atoms with van der Waals surface area (Å²) in [4.78, 5) is 38.8. The lowest BCUT2D eigenvalue weighted by atomic mass is 9.85. The minimum absolute atomic E-state index is 0.113. The van der Waals surface area contributed by atoms with Crippen molar-refractivity contribution in [3.8, 4) is 0 Å². The zero-order valence-corrected chi connectivity index (χ0v) is 26.2. The molecule has 14 nitrogen and oxygen atoms in total. The molecule has 0 spiro atoms. The highest BCUT2D eigenvalue weighted by Crippen LogP contribution is 2.32. The van der Waals surface area contributed by atoms with Gasteiger partial charge >= 0.3 is 6.09 Å². The predicted molar refractivity (Wildman–Crippen MR) is 157 cm³/mol. The van der Waals surface area contributed by atoms with Crippen molar-refractivity contribution in [1.82, 2.24) is 20.3 Å². The molecule has 0 saturated carbocycles. The minimum atomic E-state index is -5.00. The van der Waals surface area contributed by atoms with Crippen molar-refractivity contribution < 1.29 is 45.6 Å². The van der Waals surface area contributed by atoms with Gasteiger partial charge in [0.05, 0.1) is 12.3 Å². The standard InChI is InChI=1S/C27H42N4O10S2/c1-18(2)15-21(24(33)29-22(25(34)43(38,39)40)16-20-9-12-28-23(20)32)30-26(35)41-27(17-19-7-5-4-6-8-19)10-13-31(14-11-27)42(3,36)37/h4-8,18,20-22,25,34H,9-17H2,1-3H3,(H,28,32)(H,29,33)(H,30,35)(H,38,39,40)/t20-,21-,22-,25?/m0/s1. The van der Waals surface area contributed by atoms with Crippen LogP contribution in [0, 0.1) is 11.8 Å². The normalized spacial score (nSPS) is 21.4.